The largest absolute Gasteiger partial charge is 0.456 e. The Balaban J connectivity index is 1.77. The number of carbonyl (C=O) groups excluding carboxylic acids is 2. The molecule has 8 heteroatoms. The maximum Gasteiger partial charge on any atom is 0.325 e. The van der Waals surface area contributed by atoms with Crippen LogP contribution in [-0.4, -0.2) is 38.6 Å². The smallest absolute Gasteiger partial charge is 0.325 e. The topological polar surface area (TPSA) is 99.0 Å². The first-order valence-electron chi connectivity index (χ1n) is 7.35. The minimum absolute atomic E-state index is 0.0216. The van der Waals surface area contributed by atoms with E-state index in [4.69, 9.17) is 4.74 Å². The number of aryl methyl sites for hydroxylation is 2. The second-order valence-corrected chi connectivity index (χ2v) is 5.03. The Morgan fingerprint density at radius 3 is 2.70 bits per heavy atom. The summed E-state index contributed by atoms with van der Waals surface area (Å²) in [5.74, 6) is -0.390. The van der Waals surface area contributed by atoms with E-state index in [0.29, 0.717) is 17.9 Å². The number of amides is 1. The molecule has 1 aromatic heterocycles. The quantitative estimate of drug-likeness (QED) is 0.761. The summed E-state index contributed by atoms with van der Waals surface area (Å²) in [5.41, 5.74) is 1.56. The molecular weight excluding hydrogens is 298 g/mol. The molecule has 0 aliphatic rings. The number of benzene rings is 1. The monoisotopic (exact) mass is 317 g/mol. The first kappa shape index (κ1) is 16.6. The van der Waals surface area contributed by atoms with Gasteiger partial charge >= 0.3 is 5.97 Å². The summed E-state index contributed by atoms with van der Waals surface area (Å²) in [6, 6.07) is 7.07. The fourth-order valence-electron chi connectivity index (χ4n) is 1.87. The molecule has 8 nitrogen and oxygen atoms in total. The van der Waals surface area contributed by atoms with Crippen LogP contribution in [-0.2, 0) is 22.7 Å². The van der Waals surface area contributed by atoms with Gasteiger partial charge in [0.15, 0.2) is 12.4 Å². The molecule has 0 spiro atoms. The normalized spacial score (nSPS) is 10.3. The van der Waals surface area contributed by atoms with Gasteiger partial charge in [-0.2, -0.15) is 0 Å². The minimum atomic E-state index is -0.545. The van der Waals surface area contributed by atoms with Gasteiger partial charge in [-0.05, 0) is 35.9 Å². The lowest BCUT2D eigenvalue weighted by molar-refractivity contribution is -0.144. The van der Waals surface area contributed by atoms with Crippen LogP contribution in [0.25, 0.3) is 0 Å². The lowest BCUT2D eigenvalue weighted by Crippen LogP contribution is -2.30. The van der Waals surface area contributed by atoms with Gasteiger partial charge in [0.05, 0.1) is 0 Å². The van der Waals surface area contributed by atoms with E-state index in [9.17, 15) is 9.59 Å². The van der Waals surface area contributed by atoms with Crippen LogP contribution < -0.4 is 5.32 Å². The SMILES string of the molecule is CCCn1nnnc1COC(=O)CNC(=O)c1ccc(C)cc1. The van der Waals surface area contributed by atoms with Gasteiger partial charge in [0.1, 0.15) is 6.54 Å². The Morgan fingerprint density at radius 1 is 1.26 bits per heavy atom. The van der Waals surface area contributed by atoms with E-state index in [2.05, 4.69) is 20.8 Å². The zero-order chi connectivity index (χ0) is 16.7. The van der Waals surface area contributed by atoms with Gasteiger partial charge in [-0.15, -0.1) is 5.10 Å². The summed E-state index contributed by atoms with van der Waals surface area (Å²) >= 11 is 0. The molecule has 23 heavy (non-hydrogen) atoms. The summed E-state index contributed by atoms with van der Waals surface area (Å²) in [4.78, 5) is 23.6. The standard InChI is InChI=1S/C15H19N5O3/c1-3-8-20-13(17-18-19-20)10-23-14(21)9-16-15(22)12-6-4-11(2)5-7-12/h4-7H,3,8-10H2,1-2H3,(H,16,22). The second kappa shape index (κ2) is 8.02. The van der Waals surface area contributed by atoms with Crippen LogP contribution in [0.3, 0.4) is 0 Å². The van der Waals surface area contributed by atoms with Gasteiger partial charge in [-0.3, -0.25) is 9.59 Å². The molecule has 0 aliphatic heterocycles. The van der Waals surface area contributed by atoms with Crippen molar-refractivity contribution in [2.24, 2.45) is 0 Å². The number of hydrogen-bond donors (Lipinski definition) is 1. The maximum absolute atomic E-state index is 11.9. The number of nitrogens with one attached hydrogen (secondary N) is 1. The van der Waals surface area contributed by atoms with Crippen molar-refractivity contribution in [1.29, 1.82) is 0 Å². The van der Waals surface area contributed by atoms with E-state index in [-0.39, 0.29) is 19.1 Å². The average Bonchev–Trinajstić information content (AvgIpc) is 2.99. The number of nitrogens with zero attached hydrogens (tertiary/aromatic N) is 4. The highest BCUT2D eigenvalue weighted by molar-refractivity contribution is 5.95. The predicted molar refractivity (Wildman–Crippen MR) is 81.4 cm³/mol. The molecule has 1 heterocycles. The van der Waals surface area contributed by atoms with E-state index < -0.39 is 5.97 Å². The van der Waals surface area contributed by atoms with Gasteiger partial charge < -0.3 is 10.1 Å². The maximum atomic E-state index is 11.9. The number of carbonyl (C=O) groups is 2. The number of tetrazole rings is 1. The van der Waals surface area contributed by atoms with Crippen molar-refractivity contribution < 1.29 is 14.3 Å². The minimum Gasteiger partial charge on any atom is -0.456 e. The van der Waals surface area contributed by atoms with Gasteiger partial charge in [-0.1, -0.05) is 24.6 Å². The van der Waals surface area contributed by atoms with Crippen LogP contribution in [0.2, 0.25) is 0 Å². The van der Waals surface area contributed by atoms with Gasteiger partial charge in [0, 0.05) is 12.1 Å². The molecule has 0 radical (unpaired) electrons. The fraction of sp³-hybridized carbons (Fsp3) is 0.400. The molecule has 0 aliphatic carbocycles. The average molecular weight is 317 g/mol. The Kier molecular flexibility index (Phi) is 5.79. The number of rotatable bonds is 7. The Morgan fingerprint density at radius 2 is 2.00 bits per heavy atom. The van der Waals surface area contributed by atoms with Crippen molar-refractivity contribution in [3.63, 3.8) is 0 Å². The molecule has 122 valence electrons. The van der Waals surface area contributed by atoms with Crippen LogP contribution in [0.15, 0.2) is 24.3 Å². The third-order valence-electron chi connectivity index (χ3n) is 3.11. The van der Waals surface area contributed by atoms with E-state index in [1.807, 2.05) is 26.0 Å². The number of hydrogen-bond acceptors (Lipinski definition) is 6. The molecule has 0 atom stereocenters. The summed E-state index contributed by atoms with van der Waals surface area (Å²) < 4.78 is 6.64. The molecule has 0 bridgehead atoms. The van der Waals surface area contributed by atoms with Crippen LogP contribution in [0.4, 0.5) is 0 Å². The molecule has 1 amide bonds. The van der Waals surface area contributed by atoms with E-state index in [1.54, 1.807) is 16.8 Å². The molecule has 2 rings (SSSR count). The molecule has 0 fully saturated rings. The van der Waals surface area contributed by atoms with E-state index >= 15 is 0 Å². The fourth-order valence-corrected chi connectivity index (χ4v) is 1.87. The van der Waals surface area contributed by atoms with E-state index in [1.165, 1.54) is 0 Å². The van der Waals surface area contributed by atoms with E-state index in [0.717, 1.165) is 12.0 Å². The van der Waals surface area contributed by atoms with Crippen LogP contribution in [0.5, 0.6) is 0 Å². The highest BCUT2D eigenvalue weighted by Gasteiger charge is 2.11. The highest BCUT2D eigenvalue weighted by atomic mass is 16.5. The van der Waals surface area contributed by atoms with Crippen LogP contribution >= 0.6 is 0 Å². The zero-order valence-electron chi connectivity index (χ0n) is 13.2. The third-order valence-corrected chi connectivity index (χ3v) is 3.11. The number of aromatic nitrogens is 4. The molecule has 0 unspecified atom stereocenters. The molecule has 1 aromatic carbocycles. The van der Waals surface area contributed by atoms with Gasteiger partial charge in [0.25, 0.3) is 5.91 Å². The highest BCUT2D eigenvalue weighted by Crippen LogP contribution is 2.02. The Labute approximate surface area is 133 Å². The molecule has 0 saturated carbocycles. The van der Waals surface area contributed by atoms with Crippen molar-refractivity contribution in [3.05, 3.63) is 41.2 Å². The van der Waals surface area contributed by atoms with Crippen molar-refractivity contribution in [2.45, 2.75) is 33.4 Å². The first-order chi connectivity index (χ1) is 11.1. The Hall–Kier alpha value is -2.77. The summed E-state index contributed by atoms with van der Waals surface area (Å²) in [7, 11) is 0. The summed E-state index contributed by atoms with van der Waals surface area (Å²) in [5, 5.41) is 13.7. The summed E-state index contributed by atoms with van der Waals surface area (Å²) in [6.07, 6.45) is 0.874. The first-order valence-corrected chi connectivity index (χ1v) is 7.35. The number of ether oxygens (including phenoxy) is 1. The second-order valence-electron chi connectivity index (χ2n) is 5.03. The summed E-state index contributed by atoms with van der Waals surface area (Å²) in [6.45, 7) is 4.36. The lowest BCUT2D eigenvalue weighted by atomic mass is 10.1. The van der Waals surface area contributed by atoms with Crippen molar-refractivity contribution in [1.82, 2.24) is 25.5 Å². The number of esters is 1. The third kappa shape index (κ3) is 4.87. The van der Waals surface area contributed by atoms with Gasteiger partial charge in [0.2, 0.25) is 0 Å². The molecule has 1 N–H and O–H groups in total. The molecule has 0 saturated heterocycles. The van der Waals surface area contributed by atoms with Crippen LogP contribution in [0.1, 0.15) is 35.1 Å². The molecule has 2 aromatic rings. The Bertz CT molecular complexity index is 666. The predicted octanol–water partition coefficient (Wildman–Crippen LogP) is 0.865. The molecular formula is C15H19N5O3. The zero-order valence-corrected chi connectivity index (χ0v) is 13.2. The van der Waals surface area contributed by atoms with Crippen LogP contribution in [0, 0.1) is 6.92 Å². The van der Waals surface area contributed by atoms with Crippen molar-refractivity contribution in [3.8, 4) is 0 Å². The van der Waals surface area contributed by atoms with Crippen molar-refractivity contribution >= 4 is 11.9 Å². The van der Waals surface area contributed by atoms with Gasteiger partial charge in [-0.25, -0.2) is 4.68 Å². The lowest BCUT2D eigenvalue weighted by Gasteiger charge is -2.07. The van der Waals surface area contributed by atoms with Crippen molar-refractivity contribution in [2.75, 3.05) is 6.54 Å².